The van der Waals surface area contributed by atoms with E-state index in [4.69, 9.17) is 47.3 Å². The van der Waals surface area contributed by atoms with Gasteiger partial charge in [-0.1, -0.05) is 52.5 Å². The largest absolute Gasteiger partial charge is 0.414 e. The minimum Gasteiger partial charge on any atom is -0.414 e. The van der Waals surface area contributed by atoms with Crippen LogP contribution in [0.4, 0.5) is 0 Å². The normalized spacial score (nSPS) is 26.4. The lowest BCUT2D eigenvalue weighted by Crippen LogP contribution is -2.45. The molecule has 0 amide bonds. The fourth-order valence-corrected chi connectivity index (χ4v) is 3.02. The number of ether oxygens (including phenoxy) is 2. The molecule has 9 heteroatoms. The first-order valence-corrected chi connectivity index (χ1v) is 13.3. The number of hydrogen-bond acceptors (Lipinski definition) is 6. The highest BCUT2D eigenvalue weighted by Crippen LogP contribution is 2.36. The lowest BCUT2D eigenvalue weighted by Gasteiger charge is -2.38. The first-order chi connectivity index (χ1) is 13.0. The summed E-state index contributed by atoms with van der Waals surface area (Å²) in [5.41, 5.74) is 0. The van der Waals surface area contributed by atoms with Crippen LogP contribution in [0, 0.1) is 0 Å². The quantitative estimate of drug-likeness (QED) is 0.327. The summed E-state index contributed by atoms with van der Waals surface area (Å²) in [7, 11) is -1.73. The summed E-state index contributed by atoms with van der Waals surface area (Å²) in [5, 5.41) is 27.6. The van der Waals surface area contributed by atoms with Crippen LogP contribution in [0.1, 0.15) is 28.2 Å². The van der Waals surface area contributed by atoms with Crippen molar-refractivity contribution in [1.29, 1.82) is 0 Å². The second-order valence-corrected chi connectivity index (χ2v) is 13.6. The van der Waals surface area contributed by atoms with Crippen LogP contribution in [-0.4, -0.2) is 79.8 Å². The molecule has 0 aromatic carbocycles. The maximum atomic E-state index is 9.69. The summed E-state index contributed by atoms with van der Waals surface area (Å²) in [6, 6.07) is 0. The maximum Gasteiger partial charge on any atom is 0.192 e. The van der Waals surface area contributed by atoms with Crippen LogP contribution in [0.3, 0.4) is 0 Å². The van der Waals surface area contributed by atoms with Gasteiger partial charge in [-0.2, -0.15) is 0 Å². The van der Waals surface area contributed by atoms with Crippen molar-refractivity contribution in [2.45, 2.75) is 70.7 Å². The van der Waals surface area contributed by atoms with Crippen molar-refractivity contribution in [3.8, 4) is 0 Å². The van der Waals surface area contributed by atoms with Gasteiger partial charge in [0.1, 0.15) is 24.4 Å². The molecule has 2 heterocycles. The van der Waals surface area contributed by atoms with Gasteiger partial charge in [0.05, 0.1) is 31.8 Å². The Labute approximate surface area is 187 Å². The van der Waals surface area contributed by atoms with Crippen LogP contribution in [0.25, 0.3) is 0 Å². The number of halogens is 2. The Morgan fingerprint density at radius 2 is 1.41 bits per heavy atom. The van der Waals surface area contributed by atoms with Crippen molar-refractivity contribution in [2.75, 3.05) is 31.8 Å². The second kappa shape index (κ2) is 15.8. The Hall–Kier alpha value is 0.0369. The lowest BCUT2D eigenvalue weighted by molar-refractivity contribution is -0.0441. The predicted octanol–water partition coefficient (Wildman–Crippen LogP) is 3.68. The number of rotatable bonds is 4. The Bertz CT molecular complexity index is 468. The van der Waals surface area contributed by atoms with Crippen LogP contribution >= 0.6 is 23.2 Å². The van der Waals surface area contributed by atoms with Crippen LogP contribution in [-0.2, 0) is 13.9 Å². The van der Waals surface area contributed by atoms with E-state index >= 15 is 0 Å². The molecular formula is C20H40Cl2O6Si. The topological polar surface area (TPSA) is 88.4 Å². The standard InChI is InChI=1S/C12H24O3Si.C6H10O3.CH2Cl2.CH4/c1-12(2,3)16(4,5)15-9-11-10(13)7-6-8-14-11;7-4-6-5(8)2-1-3-9-6;2-1-3;/h6-7,10-11,13H,8-9H2,1-5H3;1-2,5-8H,3-4H2;1H2;1H4/t10-,11-;5-,6-;;/m00../s1. The molecule has 0 saturated carbocycles. The van der Waals surface area contributed by atoms with Gasteiger partial charge in [-0.05, 0) is 18.1 Å². The van der Waals surface area contributed by atoms with E-state index in [9.17, 15) is 5.11 Å². The van der Waals surface area contributed by atoms with Crippen LogP contribution in [0.15, 0.2) is 24.3 Å². The minimum absolute atomic E-state index is 0. The van der Waals surface area contributed by atoms with Crippen molar-refractivity contribution in [3.05, 3.63) is 24.3 Å². The zero-order valence-corrected chi connectivity index (χ0v) is 20.0. The molecule has 29 heavy (non-hydrogen) atoms. The zero-order valence-electron chi connectivity index (χ0n) is 17.5. The van der Waals surface area contributed by atoms with Gasteiger partial charge in [0.25, 0.3) is 0 Å². The SMILES string of the molecule is C.CC(C)(C)[Si](C)(C)OC[C@@H]1OCC=C[C@@H]1O.ClCCl.OC[C@@H]1OCC=C[C@@H]1O. The van der Waals surface area contributed by atoms with E-state index in [1.807, 2.05) is 6.08 Å². The molecule has 0 saturated heterocycles. The van der Waals surface area contributed by atoms with Crippen molar-refractivity contribution in [1.82, 2.24) is 0 Å². The highest BCUT2D eigenvalue weighted by atomic mass is 35.5. The third-order valence-corrected chi connectivity index (χ3v) is 9.34. The molecule has 0 fully saturated rings. The molecule has 2 aliphatic heterocycles. The molecule has 0 aliphatic carbocycles. The fourth-order valence-electron chi connectivity index (χ4n) is 2.01. The molecule has 4 atom stereocenters. The Balaban J connectivity index is 0. The fraction of sp³-hybridized carbons (Fsp3) is 0.800. The molecule has 0 unspecified atom stereocenters. The summed E-state index contributed by atoms with van der Waals surface area (Å²) >= 11 is 9.53. The molecular weight excluding hydrogens is 435 g/mol. The van der Waals surface area contributed by atoms with Crippen LogP contribution < -0.4 is 0 Å². The average Bonchev–Trinajstić information content (AvgIpc) is 2.62. The summed E-state index contributed by atoms with van der Waals surface area (Å²) in [5.74, 6) is 0. The minimum atomic E-state index is -1.73. The van der Waals surface area contributed by atoms with E-state index in [1.54, 1.807) is 18.2 Å². The Morgan fingerprint density at radius 3 is 1.72 bits per heavy atom. The number of aliphatic hydroxyl groups excluding tert-OH is 3. The van der Waals surface area contributed by atoms with E-state index in [1.165, 1.54) is 0 Å². The maximum absolute atomic E-state index is 9.69. The molecule has 0 radical (unpaired) electrons. The van der Waals surface area contributed by atoms with Crippen LogP contribution in [0.5, 0.6) is 0 Å². The van der Waals surface area contributed by atoms with Crippen molar-refractivity contribution < 1.29 is 29.2 Å². The van der Waals surface area contributed by atoms with E-state index in [-0.39, 0.29) is 30.5 Å². The van der Waals surface area contributed by atoms with Gasteiger partial charge >= 0.3 is 0 Å². The summed E-state index contributed by atoms with van der Waals surface area (Å²) < 4.78 is 16.4. The molecule has 2 aliphatic rings. The average molecular weight is 476 g/mol. The molecule has 0 spiro atoms. The van der Waals surface area contributed by atoms with Gasteiger partial charge in [0.2, 0.25) is 0 Å². The second-order valence-electron chi connectivity index (χ2n) is 7.94. The number of alkyl halides is 2. The van der Waals surface area contributed by atoms with E-state index < -0.39 is 26.6 Å². The van der Waals surface area contributed by atoms with Crippen molar-refractivity contribution in [3.63, 3.8) is 0 Å². The highest BCUT2D eigenvalue weighted by Gasteiger charge is 2.38. The highest BCUT2D eigenvalue weighted by molar-refractivity contribution is 6.74. The lowest BCUT2D eigenvalue weighted by atomic mass is 10.2. The molecule has 0 aromatic heterocycles. The summed E-state index contributed by atoms with van der Waals surface area (Å²) in [6.07, 6.45) is 5.19. The van der Waals surface area contributed by atoms with Gasteiger partial charge in [0.15, 0.2) is 8.32 Å². The van der Waals surface area contributed by atoms with Gasteiger partial charge < -0.3 is 29.2 Å². The molecule has 0 bridgehead atoms. The van der Waals surface area contributed by atoms with Gasteiger partial charge in [-0.25, -0.2) is 0 Å². The van der Waals surface area contributed by atoms with Gasteiger partial charge in [-0.15, -0.1) is 23.2 Å². The summed E-state index contributed by atoms with van der Waals surface area (Å²) in [4.78, 5) is 0. The summed E-state index contributed by atoms with van der Waals surface area (Å²) in [6.45, 7) is 12.5. The zero-order chi connectivity index (χ0) is 21.8. The Kier molecular flexibility index (Phi) is 17.0. The molecule has 0 aromatic rings. The van der Waals surface area contributed by atoms with Crippen molar-refractivity contribution in [2.24, 2.45) is 0 Å². The number of aliphatic hydroxyl groups is 3. The van der Waals surface area contributed by atoms with E-state index in [0.717, 1.165) is 0 Å². The van der Waals surface area contributed by atoms with E-state index in [0.29, 0.717) is 19.8 Å². The van der Waals surface area contributed by atoms with Gasteiger partial charge in [0, 0.05) is 0 Å². The smallest absolute Gasteiger partial charge is 0.192 e. The molecule has 3 N–H and O–H groups in total. The third-order valence-electron chi connectivity index (χ3n) is 4.84. The first kappa shape index (κ1) is 31.2. The monoisotopic (exact) mass is 474 g/mol. The van der Waals surface area contributed by atoms with Crippen LogP contribution in [0.2, 0.25) is 18.1 Å². The number of hydrogen-bond donors (Lipinski definition) is 3. The molecule has 174 valence electrons. The van der Waals surface area contributed by atoms with Crippen molar-refractivity contribution >= 4 is 31.5 Å². The molecule has 6 nitrogen and oxygen atoms in total. The molecule has 2 rings (SSSR count). The third kappa shape index (κ3) is 12.5. The first-order valence-electron chi connectivity index (χ1n) is 9.29. The van der Waals surface area contributed by atoms with Gasteiger partial charge in [-0.3, -0.25) is 0 Å². The predicted molar refractivity (Wildman–Crippen MR) is 123 cm³/mol. The van der Waals surface area contributed by atoms with E-state index in [2.05, 4.69) is 33.9 Å². The Morgan fingerprint density at radius 1 is 1.00 bits per heavy atom.